The normalized spacial score (nSPS) is 10.4. The van der Waals surface area contributed by atoms with Gasteiger partial charge in [-0.15, -0.1) is 0 Å². The maximum absolute atomic E-state index is 14.3. The number of aliphatic hydroxyl groups is 1. The molecule has 1 amide bonds. The molecule has 0 atom stereocenters. The highest BCUT2D eigenvalue weighted by Gasteiger charge is 2.23. The SMILES string of the molecule is CC.Cc1ccc(Nc2c(C(=O)NOCCCO)n(C)c3ncncc23)c(F)c1. The summed E-state index contributed by atoms with van der Waals surface area (Å²) in [5, 5.41) is 12.3. The zero-order valence-electron chi connectivity index (χ0n) is 17.0. The summed E-state index contributed by atoms with van der Waals surface area (Å²) in [7, 11) is 1.68. The van der Waals surface area contributed by atoms with Crippen LogP contribution in [0.5, 0.6) is 0 Å². The van der Waals surface area contributed by atoms with Crippen LogP contribution in [-0.4, -0.2) is 38.8 Å². The molecule has 156 valence electrons. The van der Waals surface area contributed by atoms with Gasteiger partial charge in [0.1, 0.15) is 23.5 Å². The number of anilines is 2. The summed E-state index contributed by atoms with van der Waals surface area (Å²) in [5.74, 6) is -0.960. The average Bonchev–Trinajstić information content (AvgIpc) is 3.01. The van der Waals surface area contributed by atoms with E-state index < -0.39 is 11.7 Å². The number of halogens is 1. The molecule has 3 rings (SSSR count). The Morgan fingerprint density at radius 2 is 2.10 bits per heavy atom. The Hall–Kier alpha value is -3.04. The molecule has 0 aliphatic heterocycles. The molecule has 9 heteroatoms. The molecule has 0 aliphatic rings. The minimum atomic E-state index is -0.525. The van der Waals surface area contributed by atoms with Crippen molar-refractivity contribution in [3.8, 4) is 0 Å². The summed E-state index contributed by atoms with van der Waals surface area (Å²) in [5.41, 5.74) is 4.45. The third-order valence-corrected chi connectivity index (χ3v) is 4.02. The lowest BCUT2D eigenvalue weighted by Gasteiger charge is -2.11. The summed E-state index contributed by atoms with van der Waals surface area (Å²) in [6, 6.07) is 4.78. The molecule has 1 aromatic carbocycles. The van der Waals surface area contributed by atoms with E-state index in [1.54, 1.807) is 36.9 Å². The molecule has 0 spiro atoms. The number of aliphatic hydroxyl groups excluding tert-OH is 1. The highest BCUT2D eigenvalue weighted by Crippen LogP contribution is 2.32. The predicted octanol–water partition coefficient (Wildman–Crippen LogP) is 3.23. The van der Waals surface area contributed by atoms with Crippen LogP contribution in [0.3, 0.4) is 0 Å². The van der Waals surface area contributed by atoms with Crippen molar-refractivity contribution in [3.05, 3.63) is 47.8 Å². The summed E-state index contributed by atoms with van der Waals surface area (Å²) in [6.45, 7) is 5.92. The minimum Gasteiger partial charge on any atom is -0.396 e. The van der Waals surface area contributed by atoms with E-state index in [9.17, 15) is 9.18 Å². The van der Waals surface area contributed by atoms with E-state index >= 15 is 0 Å². The van der Waals surface area contributed by atoms with Gasteiger partial charge in [-0.25, -0.2) is 19.8 Å². The molecule has 8 nitrogen and oxygen atoms in total. The molecule has 3 N–H and O–H groups in total. The highest BCUT2D eigenvalue weighted by molar-refractivity contribution is 6.08. The number of nitrogens with one attached hydrogen (secondary N) is 2. The largest absolute Gasteiger partial charge is 0.396 e. The van der Waals surface area contributed by atoms with E-state index in [0.717, 1.165) is 5.56 Å². The van der Waals surface area contributed by atoms with E-state index in [1.807, 2.05) is 13.8 Å². The van der Waals surface area contributed by atoms with E-state index in [1.165, 1.54) is 12.4 Å². The molecule has 29 heavy (non-hydrogen) atoms. The van der Waals surface area contributed by atoms with Crippen molar-refractivity contribution in [2.24, 2.45) is 7.05 Å². The summed E-state index contributed by atoms with van der Waals surface area (Å²) >= 11 is 0. The van der Waals surface area contributed by atoms with Gasteiger partial charge in [-0.2, -0.15) is 0 Å². The van der Waals surface area contributed by atoms with Gasteiger partial charge in [0, 0.05) is 19.9 Å². The molecule has 0 aliphatic carbocycles. The molecule has 0 saturated heterocycles. The van der Waals surface area contributed by atoms with Crippen LogP contribution in [-0.2, 0) is 11.9 Å². The molecular weight excluding hydrogens is 377 g/mol. The standard InChI is InChI=1S/C18H20FN5O3.C2H6/c1-11-4-5-14(13(19)8-11)22-15-12-9-20-10-21-17(12)24(2)16(15)18(26)23-27-7-3-6-25;1-2/h4-5,8-10,22,25H,3,6-7H2,1-2H3,(H,23,26);1-2H3. The molecule has 0 radical (unpaired) electrons. The number of hydrogen-bond acceptors (Lipinski definition) is 6. The number of fused-ring (bicyclic) bond motifs is 1. The second-order valence-corrected chi connectivity index (χ2v) is 6.01. The molecule has 3 aromatic rings. The molecule has 2 aromatic heterocycles. The molecule has 2 heterocycles. The van der Waals surface area contributed by atoms with E-state index in [2.05, 4.69) is 20.8 Å². The van der Waals surface area contributed by atoms with Crippen molar-refractivity contribution in [1.29, 1.82) is 0 Å². The third-order valence-electron chi connectivity index (χ3n) is 4.02. The van der Waals surface area contributed by atoms with E-state index in [4.69, 9.17) is 9.94 Å². The fraction of sp³-hybridized carbons (Fsp3) is 0.350. The second kappa shape index (κ2) is 10.5. The molecule has 0 saturated carbocycles. The first-order valence-electron chi connectivity index (χ1n) is 9.37. The summed E-state index contributed by atoms with van der Waals surface area (Å²) in [6.07, 6.45) is 3.32. The van der Waals surface area contributed by atoms with Gasteiger partial charge >= 0.3 is 0 Å². The fourth-order valence-electron chi connectivity index (χ4n) is 2.72. The van der Waals surface area contributed by atoms with Crippen molar-refractivity contribution < 1.29 is 19.1 Å². The summed E-state index contributed by atoms with van der Waals surface area (Å²) in [4.78, 5) is 25.9. The number of carbonyl (C=O) groups excluding carboxylic acids is 1. The number of rotatable bonds is 7. The van der Waals surface area contributed by atoms with Crippen molar-refractivity contribution in [1.82, 2.24) is 20.0 Å². The number of nitrogens with zero attached hydrogens (tertiary/aromatic N) is 3. The first kappa shape index (κ1) is 22.3. The Kier molecular flexibility index (Phi) is 8.05. The van der Waals surface area contributed by atoms with Crippen LogP contribution in [0, 0.1) is 12.7 Å². The minimum absolute atomic E-state index is 0.0427. The molecule has 0 fully saturated rings. The van der Waals surface area contributed by atoms with Crippen molar-refractivity contribution >= 4 is 28.3 Å². The van der Waals surface area contributed by atoms with Crippen LogP contribution in [0.4, 0.5) is 15.8 Å². The lowest BCUT2D eigenvalue weighted by atomic mass is 10.2. The Labute approximate surface area is 168 Å². The van der Waals surface area contributed by atoms with E-state index in [-0.39, 0.29) is 24.6 Å². The van der Waals surface area contributed by atoms with Gasteiger partial charge in [0.15, 0.2) is 0 Å². The number of hydroxylamine groups is 1. The number of hydrogen-bond donors (Lipinski definition) is 3. The third kappa shape index (κ3) is 5.07. The van der Waals surface area contributed by atoms with Gasteiger partial charge in [-0.3, -0.25) is 9.63 Å². The Balaban J connectivity index is 0.00000145. The quantitative estimate of drug-likeness (QED) is 0.414. The van der Waals surface area contributed by atoms with Crippen LogP contribution < -0.4 is 10.8 Å². The van der Waals surface area contributed by atoms with Gasteiger partial charge in [-0.05, 0) is 31.0 Å². The maximum Gasteiger partial charge on any atom is 0.293 e. The van der Waals surface area contributed by atoms with Crippen LogP contribution >= 0.6 is 0 Å². The Morgan fingerprint density at radius 1 is 1.34 bits per heavy atom. The fourth-order valence-corrected chi connectivity index (χ4v) is 2.72. The summed E-state index contributed by atoms with van der Waals surface area (Å²) < 4.78 is 15.9. The van der Waals surface area contributed by atoms with Gasteiger partial charge in [-0.1, -0.05) is 19.9 Å². The van der Waals surface area contributed by atoms with Crippen LogP contribution in [0.25, 0.3) is 11.0 Å². The lowest BCUT2D eigenvalue weighted by molar-refractivity contribution is 0.0256. The first-order chi connectivity index (χ1) is 14.0. The number of benzene rings is 1. The maximum atomic E-state index is 14.3. The average molecular weight is 403 g/mol. The van der Waals surface area contributed by atoms with Crippen molar-refractivity contribution in [2.45, 2.75) is 27.2 Å². The molecule has 0 bridgehead atoms. The smallest absolute Gasteiger partial charge is 0.293 e. The topological polar surface area (TPSA) is 101 Å². The van der Waals surface area contributed by atoms with E-state index in [0.29, 0.717) is 23.1 Å². The number of amides is 1. The number of carbonyl (C=O) groups is 1. The first-order valence-corrected chi connectivity index (χ1v) is 9.37. The predicted molar refractivity (Wildman–Crippen MR) is 109 cm³/mol. The van der Waals surface area contributed by atoms with Crippen LogP contribution in [0.1, 0.15) is 36.3 Å². The highest BCUT2D eigenvalue weighted by atomic mass is 19.1. The monoisotopic (exact) mass is 403 g/mol. The number of aromatic nitrogens is 3. The Morgan fingerprint density at radius 3 is 2.79 bits per heavy atom. The van der Waals surface area contributed by atoms with Gasteiger partial charge < -0.3 is 15.0 Å². The second-order valence-electron chi connectivity index (χ2n) is 6.01. The van der Waals surface area contributed by atoms with Gasteiger partial charge in [0.2, 0.25) is 0 Å². The van der Waals surface area contributed by atoms with Crippen LogP contribution in [0.15, 0.2) is 30.7 Å². The Bertz CT molecular complexity index is 974. The van der Waals surface area contributed by atoms with Crippen LogP contribution in [0.2, 0.25) is 0 Å². The van der Waals surface area contributed by atoms with Crippen molar-refractivity contribution in [2.75, 3.05) is 18.5 Å². The molecular formula is C20H26FN5O3. The number of aryl methyl sites for hydroxylation is 2. The zero-order valence-corrected chi connectivity index (χ0v) is 17.0. The zero-order chi connectivity index (χ0) is 21.4. The van der Waals surface area contributed by atoms with Gasteiger partial charge in [0.05, 0.1) is 23.4 Å². The lowest BCUT2D eigenvalue weighted by Crippen LogP contribution is -2.27. The van der Waals surface area contributed by atoms with Gasteiger partial charge in [0.25, 0.3) is 5.91 Å². The molecule has 0 unspecified atom stereocenters. The van der Waals surface area contributed by atoms with Crippen molar-refractivity contribution in [3.63, 3.8) is 0 Å².